The lowest BCUT2D eigenvalue weighted by molar-refractivity contribution is 0.240. The highest BCUT2D eigenvalue weighted by atomic mass is 79.9. The summed E-state index contributed by atoms with van der Waals surface area (Å²) >= 11 is 11.6. The standard InChI is InChI=1S/C22H20BrClN4OS/c23-16-8-2-1-6-15(16)13-26-21(29)27-22-28(18-10-3-4-11-19(18)30-22)20-14(12-25)7-5-9-17(20)24/h1-11,22H,12-13,25H2,(H2,26,27,29). The third-order valence-electron chi connectivity index (χ3n) is 4.78. The third kappa shape index (κ3) is 4.30. The Morgan fingerprint density at radius 1 is 1.07 bits per heavy atom. The van der Waals surface area contributed by atoms with Crippen molar-refractivity contribution in [1.82, 2.24) is 10.6 Å². The molecule has 2 amide bonds. The summed E-state index contributed by atoms with van der Waals surface area (Å²) in [4.78, 5) is 15.8. The van der Waals surface area contributed by atoms with Crippen LogP contribution >= 0.6 is 39.3 Å². The van der Waals surface area contributed by atoms with Gasteiger partial charge in [-0.1, -0.05) is 81.8 Å². The number of thioether (sulfide) groups is 1. The number of halogens is 2. The molecule has 0 saturated carbocycles. The summed E-state index contributed by atoms with van der Waals surface area (Å²) in [5.41, 5.74) is 9.35. The Kier molecular flexibility index (Phi) is 6.53. The number of carbonyl (C=O) groups excluding carboxylic acids is 1. The molecule has 0 bridgehead atoms. The number of nitrogens with zero attached hydrogens (tertiary/aromatic N) is 1. The van der Waals surface area contributed by atoms with Gasteiger partial charge in [0.25, 0.3) is 0 Å². The van der Waals surface area contributed by atoms with Crippen molar-refractivity contribution in [3.63, 3.8) is 0 Å². The fourth-order valence-electron chi connectivity index (χ4n) is 3.36. The van der Waals surface area contributed by atoms with Crippen LogP contribution in [-0.2, 0) is 13.1 Å². The predicted molar refractivity (Wildman–Crippen MR) is 127 cm³/mol. The molecule has 3 aromatic carbocycles. The average molecular weight is 504 g/mol. The van der Waals surface area contributed by atoms with Crippen LogP contribution in [0.5, 0.6) is 0 Å². The second-order valence-electron chi connectivity index (χ2n) is 6.68. The van der Waals surface area contributed by atoms with Gasteiger partial charge in [-0.25, -0.2) is 4.79 Å². The van der Waals surface area contributed by atoms with E-state index in [4.69, 9.17) is 17.3 Å². The number of fused-ring (bicyclic) bond motifs is 1. The van der Waals surface area contributed by atoms with Crippen molar-refractivity contribution in [2.45, 2.75) is 23.5 Å². The van der Waals surface area contributed by atoms with Gasteiger partial charge >= 0.3 is 6.03 Å². The summed E-state index contributed by atoms with van der Waals surface area (Å²) in [5.74, 6) is 0. The molecule has 1 aliphatic rings. The number of anilines is 2. The molecule has 3 aromatic rings. The molecule has 0 radical (unpaired) electrons. The number of rotatable bonds is 5. The molecule has 0 fully saturated rings. The molecule has 0 saturated heterocycles. The molecule has 8 heteroatoms. The smallest absolute Gasteiger partial charge is 0.317 e. The van der Waals surface area contributed by atoms with Crippen LogP contribution in [0.3, 0.4) is 0 Å². The van der Waals surface area contributed by atoms with Crippen molar-refractivity contribution in [2.75, 3.05) is 4.90 Å². The molecule has 1 heterocycles. The molecular weight excluding hydrogens is 484 g/mol. The van der Waals surface area contributed by atoms with Crippen molar-refractivity contribution >= 4 is 56.7 Å². The van der Waals surface area contributed by atoms with Crippen molar-refractivity contribution in [3.05, 3.63) is 87.4 Å². The molecule has 1 unspecified atom stereocenters. The Balaban J connectivity index is 1.58. The van der Waals surface area contributed by atoms with Gasteiger partial charge in [0.15, 0.2) is 5.50 Å². The second-order valence-corrected chi connectivity index (χ2v) is 9.06. The maximum absolute atomic E-state index is 12.7. The minimum absolute atomic E-state index is 0.262. The fourth-order valence-corrected chi connectivity index (χ4v) is 5.25. The van der Waals surface area contributed by atoms with Crippen LogP contribution in [0.2, 0.25) is 5.02 Å². The van der Waals surface area contributed by atoms with Gasteiger partial charge in [-0.15, -0.1) is 0 Å². The molecular formula is C22H20BrClN4OS. The number of urea groups is 1. The van der Waals surface area contributed by atoms with Gasteiger partial charge in [0, 0.05) is 22.5 Å². The van der Waals surface area contributed by atoms with Gasteiger partial charge in [0.2, 0.25) is 0 Å². The summed E-state index contributed by atoms with van der Waals surface area (Å²) in [5, 5.41) is 6.59. The molecule has 0 spiro atoms. The van der Waals surface area contributed by atoms with Crippen molar-refractivity contribution in [3.8, 4) is 0 Å². The van der Waals surface area contributed by atoms with Crippen molar-refractivity contribution < 1.29 is 4.79 Å². The summed E-state index contributed by atoms with van der Waals surface area (Å²) in [6.45, 7) is 0.762. The quantitative estimate of drug-likeness (QED) is 0.425. The average Bonchev–Trinajstić information content (AvgIpc) is 3.10. The highest BCUT2D eigenvalue weighted by molar-refractivity contribution is 9.10. The van der Waals surface area contributed by atoms with Gasteiger partial charge in [0.05, 0.1) is 16.4 Å². The van der Waals surface area contributed by atoms with Crippen molar-refractivity contribution in [1.29, 1.82) is 0 Å². The van der Waals surface area contributed by atoms with E-state index < -0.39 is 0 Å². The molecule has 0 aliphatic carbocycles. The van der Waals surface area contributed by atoms with Gasteiger partial charge in [-0.3, -0.25) is 0 Å². The minimum atomic E-state index is -0.355. The van der Waals surface area contributed by atoms with E-state index in [1.807, 2.05) is 71.6 Å². The highest BCUT2D eigenvalue weighted by Gasteiger charge is 2.34. The molecule has 30 heavy (non-hydrogen) atoms. The second kappa shape index (κ2) is 9.31. The summed E-state index contributed by atoms with van der Waals surface area (Å²) in [7, 11) is 0. The molecule has 5 nitrogen and oxygen atoms in total. The SMILES string of the molecule is NCc1cccc(Cl)c1N1c2ccccc2SC1NC(=O)NCc1ccccc1Br. The number of nitrogens with one attached hydrogen (secondary N) is 2. The number of benzene rings is 3. The molecule has 1 atom stereocenters. The summed E-state index contributed by atoms with van der Waals surface area (Å²) < 4.78 is 0.957. The predicted octanol–water partition coefficient (Wildman–Crippen LogP) is 5.59. The van der Waals surface area contributed by atoms with E-state index in [0.717, 1.165) is 31.9 Å². The Hall–Kier alpha value is -2.19. The third-order valence-corrected chi connectivity index (χ3v) is 7.01. The first-order chi connectivity index (χ1) is 14.6. The maximum Gasteiger partial charge on any atom is 0.317 e. The van der Waals surface area contributed by atoms with Crippen LogP contribution in [0.4, 0.5) is 16.2 Å². The minimum Gasteiger partial charge on any atom is -0.334 e. The van der Waals surface area contributed by atoms with Gasteiger partial charge in [-0.2, -0.15) is 0 Å². The molecule has 1 aliphatic heterocycles. The van der Waals surface area contributed by atoms with Crippen LogP contribution in [0, 0.1) is 0 Å². The molecule has 4 N–H and O–H groups in total. The lowest BCUT2D eigenvalue weighted by atomic mass is 10.1. The Morgan fingerprint density at radius 3 is 2.60 bits per heavy atom. The van der Waals surface area contributed by atoms with E-state index in [1.165, 1.54) is 0 Å². The Bertz CT molecular complexity index is 1080. The van der Waals surface area contributed by atoms with E-state index in [0.29, 0.717) is 18.1 Å². The monoisotopic (exact) mass is 502 g/mol. The largest absolute Gasteiger partial charge is 0.334 e. The van der Waals surface area contributed by atoms with E-state index in [-0.39, 0.29) is 11.5 Å². The van der Waals surface area contributed by atoms with E-state index >= 15 is 0 Å². The van der Waals surface area contributed by atoms with Gasteiger partial charge in [-0.05, 0) is 35.4 Å². The summed E-state index contributed by atoms with van der Waals surface area (Å²) in [6.07, 6.45) is 0. The first kappa shape index (κ1) is 21.1. The number of hydrogen-bond acceptors (Lipinski definition) is 4. The number of nitrogens with two attached hydrogens (primary N) is 1. The van der Waals surface area contributed by atoms with Crippen LogP contribution in [0.1, 0.15) is 11.1 Å². The fraction of sp³-hybridized carbons (Fsp3) is 0.136. The van der Waals surface area contributed by atoms with E-state index in [2.05, 4.69) is 26.6 Å². The zero-order valence-electron chi connectivity index (χ0n) is 15.9. The van der Waals surface area contributed by atoms with Gasteiger partial charge < -0.3 is 21.3 Å². The van der Waals surface area contributed by atoms with Crippen LogP contribution < -0.4 is 21.3 Å². The van der Waals surface area contributed by atoms with E-state index in [9.17, 15) is 4.79 Å². The first-order valence-corrected chi connectivity index (χ1v) is 11.4. The van der Waals surface area contributed by atoms with Crippen molar-refractivity contribution in [2.24, 2.45) is 5.73 Å². The van der Waals surface area contributed by atoms with Gasteiger partial charge in [0.1, 0.15) is 0 Å². The molecule has 0 aromatic heterocycles. The zero-order chi connectivity index (χ0) is 21.1. The molecule has 154 valence electrons. The number of hydrogen-bond donors (Lipinski definition) is 3. The topological polar surface area (TPSA) is 70.4 Å². The summed E-state index contributed by atoms with van der Waals surface area (Å²) in [6, 6.07) is 21.2. The highest BCUT2D eigenvalue weighted by Crippen LogP contribution is 2.49. The first-order valence-electron chi connectivity index (χ1n) is 9.38. The zero-order valence-corrected chi connectivity index (χ0v) is 19.1. The van der Waals surface area contributed by atoms with E-state index in [1.54, 1.807) is 11.8 Å². The normalized spacial score (nSPS) is 15.0. The Morgan fingerprint density at radius 2 is 1.80 bits per heavy atom. The number of carbonyl (C=O) groups is 1. The van der Waals surface area contributed by atoms with Crippen LogP contribution in [0.15, 0.2) is 76.1 Å². The lowest BCUT2D eigenvalue weighted by Crippen LogP contribution is -2.46. The number of para-hydroxylation sites is 2. The Labute approximate surface area is 193 Å². The lowest BCUT2D eigenvalue weighted by Gasteiger charge is -2.30. The number of amides is 2. The molecule has 4 rings (SSSR count). The van der Waals surface area contributed by atoms with Crippen LogP contribution in [0.25, 0.3) is 0 Å². The maximum atomic E-state index is 12.7. The van der Waals surface area contributed by atoms with Crippen LogP contribution in [-0.4, -0.2) is 11.5 Å².